The Morgan fingerprint density at radius 1 is 1.06 bits per heavy atom. The standard InChI is InChI=1S/C22H21FN6O3S/c1-2-32-21-11-10-19(13-20(21)23)33(30,31)29(15-18-5-3-4-12-24-18)14-16-6-8-17(9-7-16)22-25-27-28-26-22/h3-13H,2,14-15H2,1H3,(H,25,26,27,28). The average Bonchev–Trinajstić information content (AvgIpc) is 3.36. The zero-order valence-electron chi connectivity index (χ0n) is 17.7. The van der Waals surface area contributed by atoms with Crippen molar-refractivity contribution in [2.75, 3.05) is 6.61 Å². The van der Waals surface area contributed by atoms with E-state index in [2.05, 4.69) is 25.6 Å². The molecule has 0 saturated heterocycles. The van der Waals surface area contributed by atoms with Crippen molar-refractivity contribution < 1.29 is 17.5 Å². The third-order valence-electron chi connectivity index (χ3n) is 4.82. The van der Waals surface area contributed by atoms with Crippen LogP contribution in [0.4, 0.5) is 4.39 Å². The summed E-state index contributed by atoms with van der Waals surface area (Å²) >= 11 is 0. The maximum Gasteiger partial charge on any atom is 0.243 e. The SMILES string of the molecule is CCOc1ccc(S(=O)(=O)N(Cc2ccc(-c3nn[nH]n3)cc2)Cc2ccccn2)cc1F. The summed E-state index contributed by atoms with van der Waals surface area (Å²) in [5, 5.41) is 13.8. The lowest BCUT2D eigenvalue weighted by atomic mass is 10.1. The number of nitrogens with one attached hydrogen (secondary N) is 1. The highest BCUT2D eigenvalue weighted by Gasteiger charge is 2.26. The lowest BCUT2D eigenvalue weighted by Crippen LogP contribution is -2.30. The van der Waals surface area contributed by atoms with Gasteiger partial charge in [0.05, 0.1) is 23.7 Å². The lowest BCUT2D eigenvalue weighted by molar-refractivity contribution is 0.321. The lowest BCUT2D eigenvalue weighted by Gasteiger charge is -2.22. The zero-order valence-corrected chi connectivity index (χ0v) is 18.5. The zero-order chi connectivity index (χ0) is 23.3. The minimum absolute atomic E-state index is 0.00443. The van der Waals surface area contributed by atoms with Crippen LogP contribution in [0, 0.1) is 5.82 Å². The number of sulfonamides is 1. The van der Waals surface area contributed by atoms with Crippen molar-refractivity contribution in [3.05, 3.63) is 83.9 Å². The Kier molecular flexibility index (Phi) is 6.71. The number of nitrogens with zero attached hydrogens (tertiary/aromatic N) is 5. The summed E-state index contributed by atoms with van der Waals surface area (Å²) in [7, 11) is -4.05. The maximum atomic E-state index is 14.4. The smallest absolute Gasteiger partial charge is 0.243 e. The monoisotopic (exact) mass is 468 g/mol. The van der Waals surface area contributed by atoms with Crippen molar-refractivity contribution in [3.63, 3.8) is 0 Å². The van der Waals surface area contributed by atoms with Gasteiger partial charge in [0, 0.05) is 18.3 Å². The van der Waals surface area contributed by atoms with Crippen LogP contribution in [0.2, 0.25) is 0 Å². The van der Waals surface area contributed by atoms with Gasteiger partial charge in [0.2, 0.25) is 15.8 Å². The van der Waals surface area contributed by atoms with Crippen LogP contribution in [0.15, 0.2) is 71.8 Å². The number of aromatic amines is 1. The predicted molar refractivity (Wildman–Crippen MR) is 118 cm³/mol. The molecule has 1 N–H and O–H groups in total. The first-order chi connectivity index (χ1) is 16.0. The molecule has 33 heavy (non-hydrogen) atoms. The molecule has 0 aliphatic rings. The largest absolute Gasteiger partial charge is 0.491 e. The first-order valence-electron chi connectivity index (χ1n) is 10.1. The number of H-pyrrole nitrogens is 1. The van der Waals surface area contributed by atoms with Crippen LogP contribution >= 0.6 is 0 Å². The van der Waals surface area contributed by atoms with Gasteiger partial charge in [-0.1, -0.05) is 30.3 Å². The summed E-state index contributed by atoms with van der Waals surface area (Å²) in [6, 6.07) is 16.0. The molecular formula is C22H21FN6O3S. The average molecular weight is 469 g/mol. The first-order valence-corrected chi connectivity index (χ1v) is 11.6. The minimum Gasteiger partial charge on any atom is -0.491 e. The fourth-order valence-electron chi connectivity index (χ4n) is 3.21. The number of hydrogen-bond donors (Lipinski definition) is 1. The molecule has 2 heterocycles. The van der Waals surface area contributed by atoms with Crippen LogP contribution in [0.1, 0.15) is 18.2 Å². The fraction of sp³-hybridized carbons (Fsp3) is 0.182. The number of hydrogen-bond acceptors (Lipinski definition) is 7. The highest BCUT2D eigenvalue weighted by atomic mass is 32.2. The van der Waals surface area contributed by atoms with Gasteiger partial charge in [0.25, 0.3) is 0 Å². The van der Waals surface area contributed by atoms with Crippen molar-refractivity contribution in [3.8, 4) is 17.1 Å². The number of halogens is 1. The van der Waals surface area contributed by atoms with Crippen LogP contribution in [0.5, 0.6) is 5.75 Å². The summed E-state index contributed by atoms with van der Waals surface area (Å²) in [6.07, 6.45) is 1.59. The van der Waals surface area contributed by atoms with E-state index in [9.17, 15) is 12.8 Å². The molecule has 0 aliphatic heterocycles. The van der Waals surface area contributed by atoms with Crippen LogP contribution in [-0.2, 0) is 23.1 Å². The molecule has 0 spiro atoms. The Labute approximate surface area is 190 Å². The predicted octanol–water partition coefficient (Wildman–Crippen LogP) is 3.19. The number of ether oxygens (including phenoxy) is 1. The molecule has 2 aromatic heterocycles. The molecule has 0 amide bonds. The molecule has 11 heteroatoms. The van der Waals surface area contributed by atoms with E-state index in [1.165, 1.54) is 16.4 Å². The second-order valence-corrected chi connectivity index (χ2v) is 8.99. The Hall–Kier alpha value is -3.70. The minimum atomic E-state index is -4.05. The molecule has 0 atom stereocenters. The topological polar surface area (TPSA) is 114 Å². The summed E-state index contributed by atoms with van der Waals surface area (Å²) in [4.78, 5) is 4.08. The Morgan fingerprint density at radius 3 is 2.52 bits per heavy atom. The number of tetrazole rings is 1. The summed E-state index contributed by atoms with van der Waals surface area (Å²) in [6.45, 7) is 2.07. The number of pyridine rings is 1. The first kappa shape index (κ1) is 22.5. The van der Waals surface area contributed by atoms with Crippen molar-refractivity contribution in [1.82, 2.24) is 29.9 Å². The van der Waals surface area contributed by atoms with E-state index in [1.54, 1.807) is 55.6 Å². The van der Waals surface area contributed by atoms with Gasteiger partial charge in [-0.05, 0) is 48.0 Å². The molecule has 4 rings (SSSR count). The van der Waals surface area contributed by atoms with E-state index < -0.39 is 15.8 Å². The van der Waals surface area contributed by atoms with Gasteiger partial charge in [-0.3, -0.25) is 4.98 Å². The third-order valence-corrected chi connectivity index (χ3v) is 6.61. The quantitative estimate of drug-likeness (QED) is 0.401. The van der Waals surface area contributed by atoms with Gasteiger partial charge in [0.1, 0.15) is 0 Å². The number of benzene rings is 2. The van der Waals surface area contributed by atoms with E-state index in [-0.39, 0.29) is 30.3 Å². The van der Waals surface area contributed by atoms with Gasteiger partial charge < -0.3 is 4.74 Å². The van der Waals surface area contributed by atoms with Crippen LogP contribution in [-0.4, -0.2) is 44.9 Å². The van der Waals surface area contributed by atoms with E-state index >= 15 is 0 Å². The molecular weight excluding hydrogens is 447 g/mol. The number of aromatic nitrogens is 5. The van der Waals surface area contributed by atoms with Gasteiger partial charge in [-0.15, -0.1) is 10.2 Å². The van der Waals surface area contributed by atoms with Gasteiger partial charge >= 0.3 is 0 Å². The molecule has 0 saturated carbocycles. The molecule has 170 valence electrons. The highest BCUT2D eigenvalue weighted by Crippen LogP contribution is 2.26. The second-order valence-electron chi connectivity index (χ2n) is 7.05. The van der Waals surface area contributed by atoms with Crippen molar-refractivity contribution in [1.29, 1.82) is 0 Å². The Bertz CT molecular complexity index is 1300. The van der Waals surface area contributed by atoms with Gasteiger partial charge in [0.15, 0.2) is 11.6 Å². The van der Waals surface area contributed by atoms with Crippen molar-refractivity contribution in [2.45, 2.75) is 24.9 Å². The van der Waals surface area contributed by atoms with Gasteiger partial charge in [-0.25, -0.2) is 12.8 Å². The molecule has 0 fully saturated rings. The van der Waals surface area contributed by atoms with E-state index in [4.69, 9.17) is 4.74 Å². The Balaban J connectivity index is 1.65. The third kappa shape index (κ3) is 5.21. The van der Waals surface area contributed by atoms with Crippen LogP contribution < -0.4 is 4.74 Å². The molecule has 2 aromatic carbocycles. The summed E-state index contributed by atoms with van der Waals surface area (Å²) < 4.78 is 47.8. The second kappa shape index (κ2) is 9.84. The summed E-state index contributed by atoms with van der Waals surface area (Å²) in [5.74, 6) is -0.297. The molecule has 0 unspecified atom stereocenters. The molecule has 0 bridgehead atoms. The van der Waals surface area contributed by atoms with Gasteiger partial charge in [-0.2, -0.15) is 9.52 Å². The van der Waals surface area contributed by atoms with Crippen molar-refractivity contribution >= 4 is 10.0 Å². The summed E-state index contributed by atoms with van der Waals surface area (Å²) in [5.41, 5.74) is 2.03. The van der Waals surface area contributed by atoms with Crippen LogP contribution in [0.3, 0.4) is 0 Å². The maximum absolute atomic E-state index is 14.4. The highest BCUT2D eigenvalue weighted by molar-refractivity contribution is 7.89. The molecule has 4 aromatic rings. The van der Waals surface area contributed by atoms with E-state index in [0.29, 0.717) is 11.5 Å². The van der Waals surface area contributed by atoms with Crippen molar-refractivity contribution in [2.24, 2.45) is 0 Å². The fourth-order valence-corrected chi connectivity index (χ4v) is 4.62. The van der Waals surface area contributed by atoms with E-state index in [0.717, 1.165) is 17.2 Å². The normalized spacial score (nSPS) is 11.6. The van der Waals surface area contributed by atoms with Crippen LogP contribution in [0.25, 0.3) is 11.4 Å². The molecule has 0 radical (unpaired) electrons. The number of rotatable bonds is 9. The molecule has 0 aliphatic carbocycles. The molecule has 9 nitrogen and oxygen atoms in total. The Morgan fingerprint density at radius 2 is 1.88 bits per heavy atom. The van der Waals surface area contributed by atoms with E-state index in [1.807, 2.05) is 0 Å².